The fraction of sp³-hybridized carbons (Fsp3) is 0.714. The monoisotopic (exact) mass is 281 g/mol. The van der Waals surface area contributed by atoms with Crippen molar-refractivity contribution in [2.75, 3.05) is 33.9 Å². The number of aromatic nitrogens is 2. The molecule has 0 unspecified atom stereocenters. The van der Waals surface area contributed by atoms with Gasteiger partial charge in [0.05, 0.1) is 0 Å². The number of aliphatic imine (C=N–C) groups is 1. The second-order valence-electron chi connectivity index (χ2n) is 4.65. The molecule has 0 bridgehead atoms. The molecule has 0 saturated heterocycles. The lowest BCUT2D eigenvalue weighted by atomic mass is 10.3. The number of methoxy groups -OCH3 is 1. The Morgan fingerprint density at radius 1 is 1.30 bits per heavy atom. The maximum absolute atomic E-state index is 5.01. The maximum atomic E-state index is 5.01. The van der Waals surface area contributed by atoms with Crippen molar-refractivity contribution < 1.29 is 4.74 Å². The Kier molecular flexibility index (Phi) is 8.46. The first-order chi connectivity index (χ1) is 9.77. The van der Waals surface area contributed by atoms with Gasteiger partial charge in [0, 0.05) is 52.8 Å². The first kappa shape index (κ1) is 16.5. The summed E-state index contributed by atoms with van der Waals surface area (Å²) in [4.78, 5) is 8.40. The number of nitrogens with zero attached hydrogens (tertiary/aromatic N) is 3. The standard InChI is InChI=1S/C14H27N5O/c1-13-16-9-11-19(13)10-5-4-7-17-14(15-2)18-8-6-12-20-3/h9,11H,4-8,10,12H2,1-3H3,(H2,15,17,18). The van der Waals surface area contributed by atoms with Crippen molar-refractivity contribution in [3.8, 4) is 0 Å². The average molecular weight is 281 g/mol. The fourth-order valence-electron chi connectivity index (χ4n) is 1.90. The van der Waals surface area contributed by atoms with Crippen LogP contribution in [0.2, 0.25) is 0 Å². The Balaban J connectivity index is 2.05. The number of unbranched alkanes of at least 4 members (excludes halogenated alkanes) is 1. The molecular weight excluding hydrogens is 254 g/mol. The summed E-state index contributed by atoms with van der Waals surface area (Å²) in [5.74, 6) is 1.94. The van der Waals surface area contributed by atoms with Crippen LogP contribution in [-0.2, 0) is 11.3 Å². The summed E-state index contributed by atoms with van der Waals surface area (Å²) in [6, 6.07) is 0. The highest BCUT2D eigenvalue weighted by Crippen LogP contribution is 1.99. The van der Waals surface area contributed by atoms with Gasteiger partial charge >= 0.3 is 0 Å². The molecule has 0 aliphatic rings. The molecule has 1 aromatic heterocycles. The van der Waals surface area contributed by atoms with Crippen LogP contribution in [0.25, 0.3) is 0 Å². The van der Waals surface area contributed by atoms with E-state index in [9.17, 15) is 0 Å². The molecule has 6 heteroatoms. The van der Waals surface area contributed by atoms with E-state index in [4.69, 9.17) is 4.74 Å². The molecular formula is C14H27N5O. The summed E-state index contributed by atoms with van der Waals surface area (Å²) < 4.78 is 7.19. The van der Waals surface area contributed by atoms with Crippen molar-refractivity contribution in [3.63, 3.8) is 0 Å². The van der Waals surface area contributed by atoms with Gasteiger partial charge in [0.2, 0.25) is 0 Å². The van der Waals surface area contributed by atoms with Crippen LogP contribution in [0, 0.1) is 6.92 Å². The van der Waals surface area contributed by atoms with Gasteiger partial charge in [0.1, 0.15) is 5.82 Å². The summed E-state index contributed by atoms with van der Waals surface area (Å²) in [6.07, 6.45) is 7.09. The van der Waals surface area contributed by atoms with Crippen LogP contribution in [-0.4, -0.2) is 49.4 Å². The van der Waals surface area contributed by atoms with Gasteiger partial charge in [-0.1, -0.05) is 0 Å². The number of hydrogen-bond acceptors (Lipinski definition) is 3. The molecule has 1 aromatic rings. The number of hydrogen-bond donors (Lipinski definition) is 2. The van der Waals surface area contributed by atoms with Crippen molar-refractivity contribution in [1.82, 2.24) is 20.2 Å². The van der Waals surface area contributed by atoms with Gasteiger partial charge in [-0.3, -0.25) is 4.99 Å². The highest BCUT2D eigenvalue weighted by molar-refractivity contribution is 5.79. The Labute approximate surface area is 121 Å². The van der Waals surface area contributed by atoms with Gasteiger partial charge in [-0.2, -0.15) is 0 Å². The normalized spacial score (nSPS) is 11.7. The largest absolute Gasteiger partial charge is 0.385 e. The highest BCUT2D eigenvalue weighted by atomic mass is 16.5. The third-order valence-electron chi connectivity index (χ3n) is 3.08. The summed E-state index contributed by atoms with van der Waals surface area (Å²) in [7, 11) is 3.51. The molecule has 0 amide bonds. The molecule has 1 rings (SSSR count). The number of nitrogens with one attached hydrogen (secondary N) is 2. The lowest BCUT2D eigenvalue weighted by molar-refractivity contribution is 0.195. The Bertz CT molecular complexity index is 389. The van der Waals surface area contributed by atoms with E-state index in [2.05, 4.69) is 25.2 Å². The number of aryl methyl sites for hydroxylation is 2. The highest BCUT2D eigenvalue weighted by Gasteiger charge is 1.98. The lowest BCUT2D eigenvalue weighted by Crippen LogP contribution is -2.38. The molecule has 0 aliphatic carbocycles. The Morgan fingerprint density at radius 2 is 2.05 bits per heavy atom. The molecule has 0 spiro atoms. The van der Waals surface area contributed by atoms with Crippen molar-refractivity contribution in [3.05, 3.63) is 18.2 Å². The van der Waals surface area contributed by atoms with Crippen molar-refractivity contribution >= 4 is 5.96 Å². The minimum Gasteiger partial charge on any atom is -0.385 e. The quantitative estimate of drug-likeness (QED) is 0.405. The summed E-state index contributed by atoms with van der Waals surface area (Å²) >= 11 is 0. The van der Waals surface area contributed by atoms with Gasteiger partial charge in [0.25, 0.3) is 0 Å². The lowest BCUT2D eigenvalue weighted by Gasteiger charge is -2.11. The SMILES string of the molecule is CN=C(NCCCCn1ccnc1C)NCCCOC. The molecule has 0 fully saturated rings. The van der Waals surface area contributed by atoms with E-state index in [1.807, 2.05) is 19.3 Å². The van der Waals surface area contributed by atoms with Gasteiger partial charge in [0.15, 0.2) is 5.96 Å². The van der Waals surface area contributed by atoms with Crippen LogP contribution < -0.4 is 10.6 Å². The molecule has 0 saturated carbocycles. The first-order valence-corrected chi connectivity index (χ1v) is 7.19. The molecule has 2 N–H and O–H groups in total. The minimum atomic E-state index is 0.772. The van der Waals surface area contributed by atoms with Gasteiger partial charge < -0.3 is 19.9 Å². The van der Waals surface area contributed by atoms with E-state index >= 15 is 0 Å². The number of imidazole rings is 1. The third-order valence-corrected chi connectivity index (χ3v) is 3.08. The number of rotatable bonds is 9. The number of guanidine groups is 1. The van der Waals surface area contributed by atoms with Gasteiger partial charge in [-0.25, -0.2) is 4.98 Å². The van der Waals surface area contributed by atoms with E-state index in [0.29, 0.717) is 0 Å². The third kappa shape index (κ3) is 6.56. The molecule has 20 heavy (non-hydrogen) atoms. The Morgan fingerprint density at radius 3 is 2.65 bits per heavy atom. The first-order valence-electron chi connectivity index (χ1n) is 7.19. The van der Waals surface area contributed by atoms with Gasteiger partial charge in [-0.15, -0.1) is 0 Å². The van der Waals surface area contributed by atoms with Crippen LogP contribution in [0.15, 0.2) is 17.4 Å². The van der Waals surface area contributed by atoms with E-state index in [1.54, 1.807) is 14.2 Å². The van der Waals surface area contributed by atoms with E-state index in [0.717, 1.165) is 57.3 Å². The van der Waals surface area contributed by atoms with Gasteiger partial charge in [-0.05, 0) is 26.2 Å². The zero-order chi connectivity index (χ0) is 14.6. The summed E-state index contributed by atoms with van der Waals surface area (Å²) in [6.45, 7) is 5.63. The molecule has 0 aromatic carbocycles. The van der Waals surface area contributed by atoms with E-state index in [1.165, 1.54) is 0 Å². The molecule has 114 valence electrons. The molecule has 0 radical (unpaired) electrons. The molecule has 0 atom stereocenters. The van der Waals surface area contributed by atoms with Crippen LogP contribution in [0.3, 0.4) is 0 Å². The average Bonchev–Trinajstić information content (AvgIpc) is 2.86. The second-order valence-corrected chi connectivity index (χ2v) is 4.65. The van der Waals surface area contributed by atoms with E-state index < -0.39 is 0 Å². The minimum absolute atomic E-state index is 0.772. The fourth-order valence-corrected chi connectivity index (χ4v) is 1.90. The van der Waals surface area contributed by atoms with Crippen molar-refractivity contribution in [2.45, 2.75) is 32.7 Å². The maximum Gasteiger partial charge on any atom is 0.190 e. The number of ether oxygens (including phenoxy) is 1. The van der Waals surface area contributed by atoms with Crippen LogP contribution in [0.4, 0.5) is 0 Å². The Hall–Kier alpha value is -1.56. The van der Waals surface area contributed by atoms with Crippen molar-refractivity contribution in [1.29, 1.82) is 0 Å². The zero-order valence-corrected chi connectivity index (χ0v) is 12.9. The summed E-state index contributed by atoms with van der Waals surface area (Å²) in [5, 5.41) is 6.58. The second kappa shape index (κ2) is 10.3. The molecule has 1 heterocycles. The van der Waals surface area contributed by atoms with Crippen LogP contribution >= 0.6 is 0 Å². The van der Waals surface area contributed by atoms with Crippen LogP contribution in [0.5, 0.6) is 0 Å². The smallest absolute Gasteiger partial charge is 0.190 e. The predicted octanol–water partition coefficient (Wildman–Crippen LogP) is 1.17. The molecule has 6 nitrogen and oxygen atoms in total. The predicted molar refractivity (Wildman–Crippen MR) is 82.1 cm³/mol. The van der Waals surface area contributed by atoms with E-state index in [-0.39, 0.29) is 0 Å². The topological polar surface area (TPSA) is 63.5 Å². The molecule has 0 aliphatic heterocycles. The zero-order valence-electron chi connectivity index (χ0n) is 12.9. The van der Waals surface area contributed by atoms with Crippen LogP contribution in [0.1, 0.15) is 25.1 Å². The summed E-state index contributed by atoms with van der Waals surface area (Å²) in [5.41, 5.74) is 0. The van der Waals surface area contributed by atoms with Crippen molar-refractivity contribution in [2.24, 2.45) is 4.99 Å².